The normalized spacial score (nSPS) is 16.5. The van der Waals surface area contributed by atoms with Gasteiger partial charge in [-0.15, -0.1) is 11.3 Å². The van der Waals surface area contributed by atoms with E-state index in [1.165, 1.54) is 10.4 Å². The molecule has 1 aliphatic rings. The molecule has 5 nitrogen and oxygen atoms in total. The Morgan fingerprint density at radius 3 is 2.76 bits per heavy atom. The summed E-state index contributed by atoms with van der Waals surface area (Å²) < 4.78 is 5.38. The molecule has 0 bridgehead atoms. The third-order valence-corrected chi connectivity index (χ3v) is 5.58. The largest absolute Gasteiger partial charge is 0.436 e. The molecule has 1 N–H and O–H groups in total. The lowest BCUT2D eigenvalue weighted by Gasteiger charge is -2.21. The number of nitrogens with zero attached hydrogens (tertiary/aromatic N) is 2. The number of hydrogen-bond acceptors (Lipinski definition) is 5. The minimum Gasteiger partial charge on any atom is -0.436 e. The Morgan fingerprint density at radius 2 is 2.04 bits per heavy atom. The molecule has 0 fully saturated rings. The molecule has 1 unspecified atom stereocenters. The summed E-state index contributed by atoms with van der Waals surface area (Å²) in [5.41, 5.74) is 3.08. The van der Waals surface area contributed by atoms with E-state index in [1.54, 1.807) is 25.2 Å². The number of anilines is 1. The molecule has 2 heterocycles. The van der Waals surface area contributed by atoms with Crippen LogP contribution in [0.3, 0.4) is 0 Å². The smallest absolute Gasteiger partial charge is 0.295 e. The van der Waals surface area contributed by atoms with Crippen molar-refractivity contribution < 1.29 is 9.21 Å². The van der Waals surface area contributed by atoms with Crippen molar-refractivity contribution in [3.05, 3.63) is 63.8 Å². The van der Waals surface area contributed by atoms with E-state index >= 15 is 0 Å². The van der Waals surface area contributed by atoms with Crippen LogP contribution in [-0.4, -0.2) is 15.9 Å². The minimum absolute atomic E-state index is 0.257. The van der Waals surface area contributed by atoms with Crippen molar-refractivity contribution in [2.45, 2.75) is 39.0 Å². The van der Waals surface area contributed by atoms with Crippen molar-refractivity contribution in [1.29, 1.82) is 0 Å². The SMILES string of the molecule is Cc1nc(C)c(C(=O)Nc2nc3c(s2)CC(c2ccccc2)CC3)o1. The van der Waals surface area contributed by atoms with Gasteiger partial charge in [0.15, 0.2) is 11.0 Å². The number of hydrogen-bond donors (Lipinski definition) is 1. The molecule has 0 spiro atoms. The summed E-state index contributed by atoms with van der Waals surface area (Å²) in [5.74, 6) is 0.986. The zero-order chi connectivity index (χ0) is 17.4. The Bertz CT molecular complexity index is 914. The van der Waals surface area contributed by atoms with Crippen LogP contribution in [0.1, 0.15) is 50.6 Å². The molecule has 1 aromatic carbocycles. The average Bonchev–Trinajstić information content (AvgIpc) is 3.16. The molecule has 0 saturated carbocycles. The highest BCUT2D eigenvalue weighted by atomic mass is 32.1. The summed E-state index contributed by atoms with van der Waals surface area (Å²) in [6.07, 6.45) is 3.02. The lowest BCUT2D eigenvalue weighted by molar-refractivity contribution is 0.0994. The van der Waals surface area contributed by atoms with Gasteiger partial charge in [-0.05, 0) is 37.7 Å². The van der Waals surface area contributed by atoms with E-state index < -0.39 is 0 Å². The number of rotatable bonds is 3. The van der Waals surface area contributed by atoms with E-state index in [0.29, 0.717) is 22.6 Å². The van der Waals surface area contributed by atoms with Crippen molar-refractivity contribution in [2.24, 2.45) is 0 Å². The van der Waals surface area contributed by atoms with E-state index in [-0.39, 0.29) is 11.7 Å². The van der Waals surface area contributed by atoms with Crippen LogP contribution in [0.15, 0.2) is 34.7 Å². The molecule has 4 rings (SSSR count). The topological polar surface area (TPSA) is 68.0 Å². The van der Waals surface area contributed by atoms with E-state index in [9.17, 15) is 4.79 Å². The summed E-state index contributed by atoms with van der Waals surface area (Å²) in [7, 11) is 0. The number of aromatic nitrogens is 2. The summed E-state index contributed by atoms with van der Waals surface area (Å²) in [6, 6.07) is 10.6. The Balaban J connectivity index is 1.50. The fraction of sp³-hybridized carbons (Fsp3) is 0.316. The van der Waals surface area contributed by atoms with Crippen LogP contribution in [0.2, 0.25) is 0 Å². The van der Waals surface area contributed by atoms with E-state index in [4.69, 9.17) is 4.42 Å². The second-order valence-electron chi connectivity index (χ2n) is 6.34. The first kappa shape index (κ1) is 16.0. The molecule has 0 aliphatic heterocycles. The van der Waals surface area contributed by atoms with Crippen LogP contribution < -0.4 is 5.32 Å². The lowest BCUT2D eigenvalue weighted by atomic mass is 9.85. The van der Waals surface area contributed by atoms with Gasteiger partial charge in [-0.2, -0.15) is 0 Å². The molecule has 128 valence electrons. The number of amides is 1. The Labute approximate surface area is 150 Å². The number of aryl methyl sites for hydroxylation is 3. The second-order valence-corrected chi connectivity index (χ2v) is 7.42. The Morgan fingerprint density at radius 1 is 1.24 bits per heavy atom. The average molecular weight is 353 g/mol. The molecule has 0 radical (unpaired) electrons. The standard InChI is InChI=1S/C19H19N3O2S/c1-11-17(24-12(2)20-11)18(23)22-19-21-15-9-8-14(10-16(15)25-19)13-6-4-3-5-7-13/h3-7,14H,8-10H2,1-2H3,(H,21,22,23). The highest BCUT2D eigenvalue weighted by Crippen LogP contribution is 2.37. The maximum Gasteiger partial charge on any atom is 0.295 e. The molecule has 3 aromatic rings. The van der Waals surface area contributed by atoms with E-state index in [1.807, 2.05) is 6.07 Å². The maximum atomic E-state index is 12.4. The number of oxazole rings is 1. The van der Waals surface area contributed by atoms with Gasteiger partial charge in [-0.25, -0.2) is 9.97 Å². The number of carbonyl (C=O) groups is 1. The second kappa shape index (κ2) is 6.44. The number of fused-ring (bicyclic) bond motifs is 1. The zero-order valence-electron chi connectivity index (χ0n) is 14.2. The molecular formula is C19H19N3O2S. The van der Waals surface area contributed by atoms with Crippen LogP contribution in [0.4, 0.5) is 5.13 Å². The van der Waals surface area contributed by atoms with Crippen LogP contribution in [0.5, 0.6) is 0 Å². The molecule has 2 aromatic heterocycles. The van der Waals surface area contributed by atoms with Crippen molar-refractivity contribution in [2.75, 3.05) is 5.32 Å². The monoisotopic (exact) mass is 353 g/mol. The van der Waals surface area contributed by atoms with Gasteiger partial charge < -0.3 is 4.42 Å². The summed E-state index contributed by atoms with van der Waals surface area (Å²) in [5, 5.41) is 3.50. The third kappa shape index (κ3) is 3.22. The first-order valence-corrected chi connectivity index (χ1v) is 9.20. The van der Waals surface area contributed by atoms with Gasteiger partial charge in [-0.3, -0.25) is 10.1 Å². The van der Waals surface area contributed by atoms with Gasteiger partial charge in [0, 0.05) is 11.8 Å². The number of carbonyl (C=O) groups excluding carboxylic acids is 1. The molecule has 6 heteroatoms. The van der Waals surface area contributed by atoms with Crippen molar-refractivity contribution in [1.82, 2.24) is 9.97 Å². The molecular weight excluding hydrogens is 334 g/mol. The summed E-state index contributed by atoms with van der Waals surface area (Å²) in [4.78, 5) is 22.4. The van der Waals surface area contributed by atoms with E-state index in [0.717, 1.165) is 25.0 Å². The van der Waals surface area contributed by atoms with Gasteiger partial charge in [0.2, 0.25) is 5.76 Å². The van der Waals surface area contributed by atoms with E-state index in [2.05, 4.69) is 39.6 Å². The van der Waals surface area contributed by atoms with Crippen LogP contribution in [0.25, 0.3) is 0 Å². The highest BCUT2D eigenvalue weighted by molar-refractivity contribution is 7.15. The van der Waals surface area contributed by atoms with Crippen LogP contribution in [-0.2, 0) is 12.8 Å². The zero-order valence-corrected chi connectivity index (χ0v) is 15.0. The molecule has 1 atom stereocenters. The predicted octanol–water partition coefficient (Wildman–Crippen LogP) is 4.27. The molecule has 0 saturated heterocycles. The quantitative estimate of drug-likeness (QED) is 0.763. The van der Waals surface area contributed by atoms with Gasteiger partial charge >= 0.3 is 0 Å². The lowest BCUT2D eigenvalue weighted by Crippen LogP contribution is -2.12. The van der Waals surface area contributed by atoms with Crippen LogP contribution in [0, 0.1) is 13.8 Å². The third-order valence-electron chi connectivity index (χ3n) is 4.54. The van der Waals surface area contributed by atoms with Crippen molar-refractivity contribution in [3.63, 3.8) is 0 Å². The summed E-state index contributed by atoms with van der Waals surface area (Å²) in [6.45, 7) is 3.50. The molecule has 1 amide bonds. The van der Waals surface area contributed by atoms with Gasteiger partial charge in [-0.1, -0.05) is 30.3 Å². The first-order chi connectivity index (χ1) is 12.1. The Kier molecular flexibility index (Phi) is 4.13. The highest BCUT2D eigenvalue weighted by Gasteiger charge is 2.25. The first-order valence-electron chi connectivity index (χ1n) is 8.39. The van der Waals surface area contributed by atoms with Crippen LogP contribution >= 0.6 is 11.3 Å². The number of benzene rings is 1. The fourth-order valence-electron chi connectivity index (χ4n) is 3.33. The molecule has 1 aliphatic carbocycles. The summed E-state index contributed by atoms with van der Waals surface area (Å²) >= 11 is 1.56. The maximum absolute atomic E-state index is 12.4. The minimum atomic E-state index is -0.288. The fourth-order valence-corrected chi connectivity index (χ4v) is 4.42. The Hall–Kier alpha value is -2.47. The van der Waals surface area contributed by atoms with Gasteiger partial charge in [0.1, 0.15) is 0 Å². The number of thiazole rings is 1. The number of nitrogens with one attached hydrogen (secondary N) is 1. The van der Waals surface area contributed by atoms with Gasteiger partial charge in [0.05, 0.1) is 11.4 Å². The van der Waals surface area contributed by atoms with Crippen molar-refractivity contribution in [3.8, 4) is 0 Å². The van der Waals surface area contributed by atoms with Crippen molar-refractivity contribution >= 4 is 22.4 Å². The molecule has 25 heavy (non-hydrogen) atoms. The predicted molar refractivity (Wildman–Crippen MR) is 97.3 cm³/mol. The van der Waals surface area contributed by atoms with Gasteiger partial charge in [0.25, 0.3) is 5.91 Å².